The normalized spacial score (nSPS) is 14.5. The van der Waals surface area contributed by atoms with Crippen molar-refractivity contribution in [1.29, 1.82) is 0 Å². The maximum Gasteiger partial charge on any atom is 0.416 e. The number of anilines is 2. The van der Waals surface area contributed by atoms with Gasteiger partial charge in [-0.05, 0) is 51.0 Å². The first kappa shape index (κ1) is 17.7. The van der Waals surface area contributed by atoms with Gasteiger partial charge in [-0.15, -0.1) is 0 Å². The molecule has 1 fully saturated rings. The van der Waals surface area contributed by atoms with Gasteiger partial charge < -0.3 is 0 Å². The summed E-state index contributed by atoms with van der Waals surface area (Å²) in [4.78, 5) is 22.3. The zero-order valence-corrected chi connectivity index (χ0v) is 14.3. The molecular formula is C17H15ClF3N3O. The van der Waals surface area contributed by atoms with Crippen molar-refractivity contribution < 1.29 is 18.0 Å². The van der Waals surface area contributed by atoms with E-state index in [1.807, 2.05) is 0 Å². The number of alkyl halides is 3. The summed E-state index contributed by atoms with van der Waals surface area (Å²) < 4.78 is 39.3. The molecule has 0 atom stereocenters. The van der Waals surface area contributed by atoms with Crippen LogP contribution in [0.1, 0.15) is 29.8 Å². The molecule has 1 saturated carbocycles. The number of halogens is 4. The summed E-state index contributed by atoms with van der Waals surface area (Å²) in [6, 6.07) is 4.60. The predicted octanol–water partition coefficient (Wildman–Crippen LogP) is 4.84. The molecule has 4 nitrogen and oxygen atoms in total. The van der Waals surface area contributed by atoms with E-state index in [4.69, 9.17) is 11.6 Å². The Morgan fingerprint density at radius 3 is 2.28 bits per heavy atom. The monoisotopic (exact) mass is 369 g/mol. The van der Waals surface area contributed by atoms with Crippen LogP contribution in [0.4, 0.5) is 24.8 Å². The summed E-state index contributed by atoms with van der Waals surface area (Å²) in [5, 5.41) is 0.0322. The molecular weight excluding hydrogens is 355 g/mol. The highest BCUT2D eigenvalue weighted by atomic mass is 35.5. The Morgan fingerprint density at radius 1 is 1.16 bits per heavy atom. The van der Waals surface area contributed by atoms with Gasteiger partial charge in [0.25, 0.3) is 0 Å². The summed E-state index contributed by atoms with van der Waals surface area (Å²) in [5.74, 6) is -0.545. The summed E-state index contributed by atoms with van der Waals surface area (Å²) in [6.07, 6.45) is -3.16. The largest absolute Gasteiger partial charge is 0.416 e. The quantitative estimate of drug-likeness (QED) is 0.777. The summed E-state index contributed by atoms with van der Waals surface area (Å²) >= 11 is 6.12. The second-order valence-electron chi connectivity index (χ2n) is 6.06. The molecule has 1 aromatic heterocycles. The Hall–Kier alpha value is -2.15. The highest BCUT2D eigenvalue weighted by Gasteiger charge is 2.38. The SMILES string of the molecule is Cc1cc(C)nc(N(C(=O)C2CC2)c2cc(C(F)(F)F)ccc2Cl)n1. The number of carbonyl (C=O) groups excluding carboxylic acids is 1. The topological polar surface area (TPSA) is 46.1 Å². The highest BCUT2D eigenvalue weighted by molar-refractivity contribution is 6.34. The zero-order valence-electron chi connectivity index (χ0n) is 13.6. The third-order valence-electron chi connectivity index (χ3n) is 3.83. The van der Waals surface area contributed by atoms with E-state index >= 15 is 0 Å². The van der Waals surface area contributed by atoms with E-state index < -0.39 is 11.7 Å². The first-order valence-corrected chi connectivity index (χ1v) is 8.07. The van der Waals surface area contributed by atoms with Crippen LogP contribution in [0.5, 0.6) is 0 Å². The molecule has 1 aromatic carbocycles. The van der Waals surface area contributed by atoms with Gasteiger partial charge in [0, 0.05) is 17.3 Å². The van der Waals surface area contributed by atoms with Crippen molar-refractivity contribution in [2.24, 2.45) is 5.92 Å². The van der Waals surface area contributed by atoms with Crippen molar-refractivity contribution in [1.82, 2.24) is 9.97 Å². The van der Waals surface area contributed by atoms with Crippen molar-refractivity contribution >= 4 is 29.1 Å². The number of rotatable bonds is 3. The van der Waals surface area contributed by atoms with Crippen molar-refractivity contribution in [3.05, 3.63) is 46.2 Å². The van der Waals surface area contributed by atoms with Crippen LogP contribution in [-0.4, -0.2) is 15.9 Å². The number of benzene rings is 1. The summed E-state index contributed by atoms with van der Waals surface area (Å²) in [7, 11) is 0. The van der Waals surface area contributed by atoms with Gasteiger partial charge in [0.15, 0.2) is 0 Å². The molecule has 2 aromatic rings. The van der Waals surface area contributed by atoms with E-state index in [2.05, 4.69) is 9.97 Å². The maximum absolute atomic E-state index is 13.1. The van der Waals surface area contributed by atoms with Gasteiger partial charge in [-0.3, -0.25) is 4.79 Å². The number of carbonyl (C=O) groups is 1. The van der Waals surface area contributed by atoms with Crippen LogP contribution in [0.25, 0.3) is 0 Å². The Kier molecular flexibility index (Phi) is 4.45. The van der Waals surface area contributed by atoms with Gasteiger partial charge in [-0.2, -0.15) is 13.2 Å². The first-order valence-electron chi connectivity index (χ1n) is 7.70. The van der Waals surface area contributed by atoms with Gasteiger partial charge in [-0.1, -0.05) is 11.6 Å². The molecule has 0 unspecified atom stereocenters. The number of aryl methyl sites for hydroxylation is 2. The molecule has 3 rings (SSSR count). The van der Waals surface area contributed by atoms with Crippen LogP contribution in [0.15, 0.2) is 24.3 Å². The van der Waals surface area contributed by atoms with Crippen molar-refractivity contribution in [3.8, 4) is 0 Å². The van der Waals surface area contributed by atoms with E-state index in [-0.39, 0.29) is 28.5 Å². The number of hydrogen-bond donors (Lipinski definition) is 0. The lowest BCUT2D eigenvalue weighted by Gasteiger charge is -2.23. The average molecular weight is 370 g/mol. The third-order valence-corrected chi connectivity index (χ3v) is 4.15. The summed E-state index contributed by atoms with van der Waals surface area (Å²) in [6.45, 7) is 3.46. The minimum absolute atomic E-state index is 0.0322. The molecule has 8 heteroatoms. The second-order valence-corrected chi connectivity index (χ2v) is 6.47. The van der Waals surface area contributed by atoms with Crippen molar-refractivity contribution in [3.63, 3.8) is 0 Å². The molecule has 1 heterocycles. The standard InChI is InChI=1S/C17H15ClF3N3O/c1-9-7-10(2)23-16(22-9)24(15(25)11-3-4-11)14-8-12(17(19,20)21)5-6-13(14)18/h5-8,11H,3-4H2,1-2H3. The van der Waals surface area contributed by atoms with Crippen LogP contribution < -0.4 is 4.90 Å². The Balaban J connectivity index is 2.16. The molecule has 0 bridgehead atoms. The molecule has 0 radical (unpaired) electrons. The van der Waals surface area contributed by atoms with Gasteiger partial charge in [0.2, 0.25) is 11.9 Å². The van der Waals surface area contributed by atoms with Crippen LogP contribution in [0.3, 0.4) is 0 Å². The predicted molar refractivity (Wildman–Crippen MR) is 87.8 cm³/mol. The molecule has 0 spiro atoms. The number of aromatic nitrogens is 2. The van der Waals surface area contributed by atoms with Gasteiger partial charge >= 0.3 is 6.18 Å². The fraction of sp³-hybridized carbons (Fsp3) is 0.353. The van der Waals surface area contributed by atoms with E-state index in [1.165, 1.54) is 0 Å². The lowest BCUT2D eigenvalue weighted by molar-refractivity contribution is -0.137. The van der Waals surface area contributed by atoms with Gasteiger partial charge in [0.1, 0.15) is 0 Å². The van der Waals surface area contributed by atoms with Crippen molar-refractivity contribution in [2.75, 3.05) is 4.90 Å². The lowest BCUT2D eigenvalue weighted by atomic mass is 10.1. The molecule has 132 valence electrons. The van der Waals surface area contributed by atoms with E-state index in [1.54, 1.807) is 19.9 Å². The van der Waals surface area contributed by atoms with E-state index in [0.29, 0.717) is 24.2 Å². The minimum atomic E-state index is -4.54. The fourth-order valence-corrected chi connectivity index (χ4v) is 2.71. The highest BCUT2D eigenvalue weighted by Crippen LogP contribution is 2.40. The molecule has 0 saturated heterocycles. The molecule has 1 aliphatic carbocycles. The zero-order chi connectivity index (χ0) is 18.4. The molecule has 0 aliphatic heterocycles. The summed E-state index contributed by atoms with van der Waals surface area (Å²) in [5.41, 5.74) is 0.279. The first-order chi connectivity index (χ1) is 11.7. The average Bonchev–Trinajstić information content (AvgIpc) is 3.31. The van der Waals surface area contributed by atoms with E-state index in [0.717, 1.165) is 23.1 Å². The smallest absolute Gasteiger partial charge is 0.274 e. The van der Waals surface area contributed by atoms with Gasteiger partial charge in [0.05, 0.1) is 16.3 Å². The molecule has 0 N–H and O–H groups in total. The van der Waals surface area contributed by atoms with Crippen LogP contribution in [0, 0.1) is 19.8 Å². The third kappa shape index (κ3) is 3.76. The number of nitrogens with zero attached hydrogens (tertiary/aromatic N) is 3. The Bertz CT molecular complexity index is 814. The van der Waals surface area contributed by atoms with Crippen LogP contribution in [0.2, 0.25) is 5.02 Å². The van der Waals surface area contributed by atoms with Gasteiger partial charge in [-0.25, -0.2) is 14.9 Å². The molecule has 1 aliphatic rings. The number of amides is 1. The molecule has 1 amide bonds. The fourth-order valence-electron chi connectivity index (χ4n) is 2.51. The van der Waals surface area contributed by atoms with Crippen LogP contribution >= 0.6 is 11.6 Å². The lowest BCUT2D eigenvalue weighted by Crippen LogP contribution is -2.30. The van der Waals surface area contributed by atoms with E-state index in [9.17, 15) is 18.0 Å². The Morgan fingerprint density at radius 2 is 1.76 bits per heavy atom. The minimum Gasteiger partial charge on any atom is -0.274 e. The van der Waals surface area contributed by atoms with Crippen LogP contribution in [-0.2, 0) is 11.0 Å². The molecule has 25 heavy (non-hydrogen) atoms. The Labute approximate surface area is 147 Å². The maximum atomic E-state index is 13.1. The second kappa shape index (κ2) is 6.29. The number of hydrogen-bond acceptors (Lipinski definition) is 3. The van der Waals surface area contributed by atoms with Crippen molar-refractivity contribution in [2.45, 2.75) is 32.9 Å².